The summed E-state index contributed by atoms with van der Waals surface area (Å²) >= 11 is 0. The summed E-state index contributed by atoms with van der Waals surface area (Å²) < 4.78 is 22.7. The zero-order valence-electron chi connectivity index (χ0n) is 11.3. The van der Waals surface area contributed by atoms with E-state index in [1.54, 1.807) is 12.1 Å². The van der Waals surface area contributed by atoms with Gasteiger partial charge in [0.1, 0.15) is 4.90 Å². The number of benzene rings is 1. The van der Waals surface area contributed by atoms with Gasteiger partial charge in [0.05, 0.1) is 11.7 Å². The number of hydrogen-bond donors (Lipinski definition) is 3. The number of fused-ring (bicyclic) bond motifs is 1. The molecular weight excluding hydrogens is 294 g/mol. The highest BCUT2D eigenvalue weighted by molar-refractivity contribution is 7.89. The van der Waals surface area contributed by atoms with Crippen molar-refractivity contribution in [3.8, 4) is 0 Å². The lowest BCUT2D eigenvalue weighted by Crippen LogP contribution is -2.52. The molecule has 2 heterocycles. The van der Waals surface area contributed by atoms with Crippen LogP contribution in [0.15, 0.2) is 23.1 Å². The monoisotopic (exact) mass is 311 g/mol. The minimum Gasteiger partial charge on any atom is -0.398 e. The minimum absolute atomic E-state index is 0.0243. The van der Waals surface area contributed by atoms with Crippen molar-refractivity contribution in [1.29, 1.82) is 0 Å². The molecule has 0 bridgehead atoms. The van der Waals surface area contributed by atoms with Crippen LogP contribution in [0.1, 0.15) is 0 Å². The van der Waals surface area contributed by atoms with Crippen molar-refractivity contribution >= 4 is 27.4 Å². The fraction of sp³-hybridized carbons (Fsp3) is 0.417. The Morgan fingerprint density at radius 1 is 1.29 bits per heavy atom. The van der Waals surface area contributed by atoms with Crippen molar-refractivity contribution < 1.29 is 13.2 Å². The topological polar surface area (TPSA) is 122 Å². The van der Waals surface area contributed by atoms with Crippen LogP contribution in [0.4, 0.5) is 16.2 Å². The number of urea groups is 1. The number of rotatable bonds is 2. The summed E-state index contributed by atoms with van der Waals surface area (Å²) in [5.74, 6) is 0. The number of amides is 2. The van der Waals surface area contributed by atoms with Gasteiger partial charge in [0, 0.05) is 31.9 Å². The van der Waals surface area contributed by atoms with Gasteiger partial charge in [-0.3, -0.25) is 0 Å². The summed E-state index contributed by atoms with van der Waals surface area (Å²) in [6.07, 6.45) is 0. The average molecular weight is 311 g/mol. The predicted octanol–water partition coefficient (Wildman–Crippen LogP) is -0.870. The lowest BCUT2D eigenvalue weighted by atomic mass is 10.1. The van der Waals surface area contributed by atoms with Crippen molar-refractivity contribution in [3.05, 3.63) is 18.2 Å². The summed E-state index contributed by atoms with van der Waals surface area (Å²) in [7, 11) is -3.81. The molecule has 3 rings (SSSR count). The molecule has 2 saturated heterocycles. The molecule has 1 aromatic carbocycles. The summed E-state index contributed by atoms with van der Waals surface area (Å²) in [5, 5.41) is 7.91. The Balaban J connectivity index is 1.82. The number of hydrogen-bond acceptors (Lipinski definition) is 5. The van der Waals surface area contributed by atoms with Crippen molar-refractivity contribution in [1.82, 2.24) is 10.2 Å². The van der Waals surface area contributed by atoms with E-state index in [1.165, 1.54) is 6.07 Å². The first-order valence-electron chi connectivity index (χ1n) is 6.58. The second-order valence-corrected chi connectivity index (χ2v) is 6.78. The Morgan fingerprint density at radius 3 is 2.71 bits per heavy atom. The number of anilines is 2. The lowest BCUT2D eigenvalue weighted by Gasteiger charge is -2.37. The highest BCUT2D eigenvalue weighted by Gasteiger charge is 2.35. The van der Waals surface area contributed by atoms with Gasteiger partial charge in [-0.1, -0.05) is 0 Å². The number of nitrogens with zero attached hydrogens (tertiary/aromatic N) is 2. The van der Waals surface area contributed by atoms with Crippen molar-refractivity contribution in [3.63, 3.8) is 0 Å². The van der Waals surface area contributed by atoms with E-state index in [0.717, 1.165) is 5.69 Å². The zero-order chi connectivity index (χ0) is 15.2. The highest BCUT2D eigenvalue weighted by Crippen LogP contribution is 2.26. The van der Waals surface area contributed by atoms with E-state index in [1.807, 2.05) is 4.90 Å². The maximum Gasteiger partial charge on any atom is 0.317 e. The van der Waals surface area contributed by atoms with Gasteiger partial charge < -0.3 is 20.9 Å². The third kappa shape index (κ3) is 2.49. The van der Waals surface area contributed by atoms with Crippen molar-refractivity contribution in [2.24, 2.45) is 5.14 Å². The number of piperazine rings is 1. The first kappa shape index (κ1) is 14.0. The van der Waals surface area contributed by atoms with Gasteiger partial charge >= 0.3 is 6.03 Å². The molecule has 2 fully saturated rings. The third-order valence-electron chi connectivity index (χ3n) is 3.90. The second-order valence-electron chi connectivity index (χ2n) is 5.25. The average Bonchev–Trinajstić information content (AvgIpc) is 2.78. The van der Waals surface area contributed by atoms with Crippen LogP contribution < -0.4 is 21.1 Å². The van der Waals surface area contributed by atoms with Crippen LogP contribution in [0, 0.1) is 0 Å². The SMILES string of the molecule is Nc1cc(N2CCN3C(=O)NCC3C2)ccc1S(N)(=O)=O. The molecule has 9 heteroatoms. The standard InChI is InChI=1S/C12H17N5O3S/c13-10-5-8(1-2-11(10)21(14,19)20)16-3-4-17-9(7-16)6-15-12(17)18/h1-2,5,9H,3-4,6-7,13H2,(H,15,18)(H2,14,19,20). The maximum atomic E-state index is 11.6. The van der Waals surface area contributed by atoms with Crippen LogP contribution in [0.5, 0.6) is 0 Å². The summed E-state index contributed by atoms with van der Waals surface area (Å²) in [6.45, 7) is 2.62. The molecule has 8 nitrogen and oxygen atoms in total. The van der Waals surface area contributed by atoms with Crippen LogP contribution in [0.25, 0.3) is 0 Å². The number of sulfonamides is 1. The molecule has 0 saturated carbocycles. The molecule has 0 spiro atoms. The van der Waals surface area contributed by atoms with Crippen LogP contribution in [0.3, 0.4) is 0 Å². The number of carbonyl (C=O) groups is 1. The molecule has 0 aliphatic carbocycles. The van der Waals surface area contributed by atoms with E-state index in [9.17, 15) is 13.2 Å². The molecule has 1 unspecified atom stereocenters. The van der Waals surface area contributed by atoms with Crippen LogP contribution in [-0.4, -0.2) is 51.6 Å². The number of nitrogens with two attached hydrogens (primary N) is 2. The summed E-state index contributed by atoms with van der Waals surface area (Å²) in [5.41, 5.74) is 6.75. The van der Waals surface area contributed by atoms with Crippen molar-refractivity contribution in [2.45, 2.75) is 10.9 Å². The van der Waals surface area contributed by atoms with Gasteiger partial charge in [0.25, 0.3) is 0 Å². The van der Waals surface area contributed by atoms with E-state index < -0.39 is 10.0 Å². The van der Waals surface area contributed by atoms with Gasteiger partial charge in [-0.2, -0.15) is 0 Å². The molecule has 0 radical (unpaired) electrons. The number of carbonyl (C=O) groups excluding carboxylic acids is 1. The fourth-order valence-corrected chi connectivity index (χ4v) is 3.48. The minimum atomic E-state index is -3.81. The van der Waals surface area contributed by atoms with E-state index in [0.29, 0.717) is 26.2 Å². The lowest BCUT2D eigenvalue weighted by molar-refractivity contribution is 0.197. The largest absolute Gasteiger partial charge is 0.398 e. The Morgan fingerprint density at radius 2 is 2.05 bits per heavy atom. The Labute approximate surface area is 122 Å². The highest BCUT2D eigenvalue weighted by atomic mass is 32.2. The number of nitrogens with one attached hydrogen (secondary N) is 1. The molecule has 2 amide bonds. The Bertz CT molecular complexity index is 690. The molecule has 114 valence electrons. The quantitative estimate of drug-likeness (QED) is 0.613. The molecule has 5 N–H and O–H groups in total. The number of primary sulfonamides is 1. The van der Waals surface area contributed by atoms with E-state index in [2.05, 4.69) is 10.2 Å². The van der Waals surface area contributed by atoms with Crippen LogP contribution >= 0.6 is 0 Å². The summed E-state index contributed by atoms with van der Waals surface area (Å²) in [4.78, 5) is 15.4. The molecule has 0 aromatic heterocycles. The van der Waals surface area contributed by atoms with Gasteiger partial charge in [-0.25, -0.2) is 18.4 Å². The Hall–Kier alpha value is -2.00. The van der Waals surface area contributed by atoms with E-state index in [-0.39, 0.29) is 22.7 Å². The van der Waals surface area contributed by atoms with Gasteiger partial charge in [-0.05, 0) is 18.2 Å². The normalized spacial score (nSPS) is 22.1. The van der Waals surface area contributed by atoms with E-state index in [4.69, 9.17) is 10.9 Å². The maximum absolute atomic E-state index is 11.6. The predicted molar refractivity (Wildman–Crippen MR) is 78.3 cm³/mol. The first-order chi connectivity index (χ1) is 9.86. The third-order valence-corrected chi connectivity index (χ3v) is 4.88. The molecule has 1 aromatic rings. The fourth-order valence-electron chi connectivity index (χ4n) is 2.83. The van der Waals surface area contributed by atoms with Gasteiger partial charge in [0.15, 0.2) is 0 Å². The van der Waals surface area contributed by atoms with Crippen LogP contribution in [-0.2, 0) is 10.0 Å². The van der Waals surface area contributed by atoms with Crippen LogP contribution in [0.2, 0.25) is 0 Å². The van der Waals surface area contributed by atoms with Gasteiger partial charge in [0.2, 0.25) is 10.0 Å². The summed E-state index contributed by atoms with van der Waals surface area (Å²) in [6, 6.07) is 4.83. The smallest absolute Gasteiger partial charge is 0.317 e. The van der Waals surface area contributed by atoms with E-state index >= 15 is 0 Å². The van der Waals surface area contributed by atoms with Crippen molar-refractivity contribution in [2.75, 3.05) is 36.8 Å². The molecule has 21 heavy (non-hydrogen) atoms. The second kappa shape index (κ2) is 4.78. The molecule has 1 atom stereocenters. The zero-order valence-corrected chi connectivity index (χ0v) is 12.1. The first-order valence-corrected chi connectivity index (χ1v) is 8.12. The Kier molecular flexibility index (Phi) is 3.18. The molecule has 2 aliphatic rings. The molecular formula is C12H17N5O3S. The molecule has 2 aliphatic heterocycles. The van der Waals surface area contributed by atoms with Gasteiger partial charge in [-0.15, -0.1) is 0 Å². The number of nitrogen functional groups attached to an aromatic ring is 1.